The van der Waals surface area contributed by atoms with Gasteiger partial charge in [0.1, 0.15) is 5.75 Å². The van der Waals surface area contributed by atoms with Gasteiger partial charge in [-0.25, -0.2) is 4.98 Å². The second-order valence-corrected chi connectivity index (χ2v) is 3.96. The zero-order valence-corrected chi connectivity index (χ0v) is 10.2. The van der Waals surface area contributed by atoms with Crippen molar-refractivity contribution in [3.63, 3.8) is 0 Å². The van der Waals surface area contributed by atoms with Crippen LogP contribution in [-0.2, 0) is 0 Å². The van der Waals surface area contributed by atoms with Crippen LogP contribution in [0.3, 0.4) is 0 Å². The third-order valence-electron chi connectivity index (χ3n) is 2.51. The van der Waals surface area contributed by atoms with E-state index in [1.54, 1.807) is 19.1 Å². The molecule has 0 amide bonds. The SMILES string of the molecule is CC(O)c1ccc(Oc2ccc([N+](=O)[O-])cc2)nc1. The molecule has 98 valence electrons. The zero-order chi connectivity index (χ0) is 13.8. The summed E-state index contributed by atoms with van der Waals surface area (Å²) in [6, 6.07) is 9.06. The van der Waals surface area contributed by atoms with Crippen LogP contribution in [0.4, 0.5) is 5.69 Å². The van der Waals surface area contributed by atoms with E-state index in [4.69, 9.17) is 4.74 Å². The number of pyridine rings is 1. The Morgan fingerprint density at radius 1 is 1.26 bits per heavy atom. The summed E-state index contributed by atoms with van der Waals surface area (Å²) in [5.41, 5.74) is 0.695. The van der Waals surface area contributed by atoms with Gasteiger partial charge in [-0.05, 0) is 30.7 Å². The van der Waals surface area contributed by atoms with E-state index in [1.165, 1.54) is 30.5 Å². The predicted octanol–water partition coefficient (Wildman–Crippen LogP) is 2.84. The van der Waals surface area contributed by atoms with Crippen LogP contribution in [-0.4, -0.2) is 15.0 Å². The molecule has 0 saturated carbocycles. The molecule has 0 bridgehead atoms. The maximum absolute atomic E-state index is 10.5. The number of aromatic nitrogens is 1. The van der Waals surface area contributed by atoms with Crippen molar-refractivity contribution in [1.82, 2.24) is 4.98 Å². The number of hydrogen-bond acceptors (Lipinski definition) is 5. The van der Waals surface area contributed by atoms with Crippen molar-refractivity contribution < 1.29 is 14.8 Å². The van der Waals surface area contributed by atoms with E-state index in [2.05, 4.69) is 4.98 Å². The van der Waals surface area contributed by atoms with Crippen LogP contribution in [0.15, 0.2) is 42.6 Å². The van der Waals surface area contributed by atoms with Crippen molar-refractivity contribution in [2.75, 3.05) is 0 Å². The normalized spacial score (nSPS) is 11.9. The lowest BCUT2D eigenvalue weighted by molar-refractivity contribution is -0.384. The number of hydrogen-bond donors (Lipinski definition) is 1. The average molecular weight is 260 g/mol. The lowest BCUT2D eigenvalue weighted by Gasteiger charge is -2.06. The molecule has 6 heteroatoms. The summed E-state index contributed by atoms with van der Waals surface area (Å²) in [5.74, 6) is 0.821. The van der Waals surface area contributed by atoms with Gasteiger partial charge in [0, 0.05) is 24.4 Å². The van der Waals surface area contributed by atoms with Crippen molar-refractivity contribution in [3.05, 3.63) is 58.3 Å². The van der Waals surface area contributed by atoms with Crippen LogP contribution in [0.25, 0.3) is 0 Å². The molecular formula is C13H12N2O4. The van der Waals surface area contributed by atoms with Gasteiger partial charge in [0.2, 0.25) is 5.88 Å². The maximum Gasteiger partial charge on any atom is 0.269 e. The molecule has 1 unspecified atom stereocenters. The molecule has 0 saturated heterocycles. The summed E-state index contributed by atoms with van der Waals surface area (Å²) in [6.45, 7) is 1.65. The molecule has 0 aliphatic heterocycles. The van der Waals surface area contributed by atoms with Crippen LogP contribution in [0.1, 0.15) is 18.6 Å². The van der Waals surface area contributed by atoms with Gasteiger partial charge < -0.3 is 9.84 Å². The molecule has 0 spiro atoms. The fourth-order valence-corrected chi connectivity index (χ4v) is 1.46. The number of nitro groups is 1. The number of aliphatic hydroxyl groups is 1. The third kappa shape index (κ3) is 3.26. The number of nitro benzene ring substituents is 1. The van der Waals surface area contributed by atoms with Crippen LogP contribution < -0.4 is 4.74 Å². The van der Waals surface area contributed by atoms with Crippen molar-refractivity contribution in [1.29, 1.82) is 0 Å². The highest BCUT2D eigenvalue weighted by Crippen LogP contribution is 2.23. The minimum atomic E-state index is -0.582. The molecule has 6 nitrogen and oxygen atoms in total. The van der Waals surface area contributed by atoms with E-state index >= 15 is 0 Å². The molecule has 1 N–H and O–H groups in total. The summed E-state index contributed by atoms with van der Waals surface area (Å²) in [5, 5.41) is 19.8. The monoisotopic (exact) mass is 260 g/mol. The molecule has 2 rings (SSSR count). The highest BCUT2D eigenvalue weighted by molar-refractivity contribution is 5.37. The molecule has 1 aromatic heterocycles. The first-order valence-corrected chi connectivity index (χ1v) is 5.62. The second-order valence-electron chi connectivity index (χ2n) is 3.96. The van der Waals surface area contributed by atoms with Crippen LogP contribution >= 0.6 is 0 Å². The van der Waals surface area contributed by atoms with Gasteiger partial charge in [-0.3, -0.25) is 10.1 Å². The van der Waals surface area contributed by atoms with Crippen LogP contribution in [0, 0.1) is 10.1 Å². The first-order chi connectivity index (χ1) is 9.06. The first-order valence-electron chi connectivity index (χ1n) is 5.62. The van der Waals surface area contributed by atoms with Crippen LogP contribution in [0.2, 0.25) is 0 Å². The Morgan fingerprint density at radius 3 is 2.42 bits per heavy atom. The molecule has 0 fully saturated rings. The average Bonchev–Trinajstić information content (AvgIpc) is 2.40. The summed E-state index contributed by atoms with van der Waals surface area (Å²) < 4.78 is 5.43. The predicted molar refractivity (Wildman–Crippen MR) is 68.0 cm³/mol. The largest absolute Gasteiger partial charge is 0.439 e. The van der Waals surface area contributed by atoms with Crippen molar-refractivity contribution in [2.45, 2.75) is 13.0 Å². The molecule has 1 aromatic carbocycles. The smallest absolute Gasteiger partial charge is 0.269 e. The Labute approximate surface area is 109 Å². The fourth-order valence-electron chi connectivity index (χ4n) is 1.46. The highest BCUT2D eigenvalue weighted by Gasteiger charge is 2.06. The van der Waals surface area contributed by atoms with Gasteiger partial charge in [0.15, 0.2) is 0 Å². The first kappa shape index (κ1) is 13.0. The molecule has 19 heavy (non-hydrogen) atoms. The Bertz CT molecular complexity index is 564. The quantitative estimate of drug-likeness (QED) is 0.674. The van der Waals surface area contributed by atoms with E-state index in [0.29, 0.717) is 17.2 Å². The van der Waals surface area contributed by atoms with Gasteiger partial charge >= 0.3 is 0 Å². The number of benzene rings is 1. The Morgan fingerprint density at radius 2 is 1.95 bits per heavy atom. The number of nitrogens with zero attached hydrogens (tertiary/aromatic N) is 2. The fraction of sp³-hybridized carbons (Fsp3) is 0.154. The van der Waals surface area contributed by atoms with Crippen molar-refractivity contribution in [2.24, 2.45) is 0 Å². The standard InChI is InChI=1S/C13H12N2O4/c1-9(16)10-2-7-13(14-8-10)19-12-5-3-11(4-6-12)15(17)18/h2-9,16H,1H3. The Balaban J connectivity index is 2.10. The molecule has 1 heterocycles. The van der Waals surface area contributed by atoms with Gasteiger partial charge in [-0.15, -0.1) is 0 Å². The second kappa shape index (κ2) is 5.45. The number of aliphatic hydroxyl groups excluding tert-OH is 1. The summed E-state index contributed by atoms with van der Waals surface area (Å²) in [6.07, 6.45) is 0.937. The molecule has 0 aliphatic rings. The minimum Gasteiger partial charge on any atom is -0.439 e. The third-order valence-corrected chi connectivity index (χ3v) is 2.51. The topological polar surface area (TPSA) is 85.5 Å². The minimum absolute atomic E-state index is 0.00441. The lowest BCUT2D eigenvalue weighted by Crippen LogP contribution is -1.94. The summed E-state index contributed by atoms with van der Waals surface area (Å²) in [4.78, 5) is 14.1. The number of ether oxygens (including phenoxy) is 1. The molecule has 0 radical (unpaired) electrons. The summed E-state index contributed by atoms with van der Waals surface area (Å²) >= 11 is 0. The van der Waals surface area contributed by atoms with Crippen molar-refractivity contribution >= 4 is 5.69 Å². The Kier molecular flexibility index (Phi) is 3.72. The Hall–Kier alpha value is -2.47. The van der Waals surface area contributed by atoms with E-state index in [9.17, 15) is 15.2 Å². The highest BCUT2D eigenvalue weighted by atomic mass is 16.6. The van der Waals surface area contributed by atoms with Gasteiger partial charge in [-0.1, -0.05) is 0 Å². The van der Waals surface area contributed by atoms with Crippen molar-refractivity contribution in [3.8, 4) is 11.6 Å². The van der Waals surface area contributed by atoms with Gasteiger partial charge in [0.05, 0.1) is 11.0 Å². The van der Waals surface area contributed by atoms with Crippen LogP contribution in [0.5, 0.6) is 11.6 Å². The van der Waals surface area contributed by atoms with E-state index < -0.39 is 11.0 Å². The van der Waals surface area contributed by atoms with E-state index in [-0.39, 0.29) is 5.69 Å². The zero-order valence-electron chi connectivity index (χ0n) is 10.2. The molecular weight excluding hydrogens is 248 g/mol. The number of rotatable bonds is 4. The lowest BCUT2D eigenvalue weighted by atomic mass is 10.2. The maximum atomic E-state index is 10.5. The molecule has 0 aliphatic carbocycles. The number of non-ortho nitro benzene ring substituents is 1. The molecule has 2 aromatic rings. The summed E-state index contributed by atoms with van der Waals surface area (Å²) in [7, 11) is 0. The van der Waals surface area contributed by atoms with Gasteiger partial charge in [0.25, 0.3) is 5.69 Å². The van der Waals surface area contributed by atoms with Gasteiger partial charge in [-0.2, -0.15) is 0 Å². The van der Waals surface area contributed by atoms with E-state index in [0.717, 1.165) is 0 Å². The molecule has 1 atom stereocenters. The van der Waals surface area contributed by atoms with E-state index in [1.807, 2.05) is 0 Å².